The molecule has 5 heteroatoms. The standard InChI is InChI=1S/C14H23FN2O2/c1-5-14(2,19-4)12(17-16)9-10-7-6-8-11(18-3)13(10)15/h6-8,12,17H,5,9,16H2,1-4H3. The molecule has 0 radical (unpaired) electrons. The third kappa shape index (κ3) is 3.43. The summed E-state index contributed by atoms with van der Waals surface area (Å²) in [4.78, 5) is 0. The highest BCUT2D eigenvalue weighted by atomic mass is 19.1. The highest BCUT2D eigenvalue weighted by molar-refractivity contribution is 5.31. The first-order valence-corrected chi connectivity index (χ1v) is 6.35. The highest BCUT2D eigenvalue weighted by Crippen LogP contribution is 2.26. The van der Waals surface area contributed by atoms with Crippen molar-refractivity contribution < 1.29 is 13.9 Å². The van der Waals surface area contributed by atoms with Gasteiger partial charge in [-0.05, 0) is 31.4 Å². The summed E-state index contributed by atoms with van der Waals surface area (Å²) >= 11 is 0. The van der Waals surface area contributed by atoms with Gasteiger partial charge in [-0.1, -0.05) is 19.1 Å². The summed E-state index contributed by atoms with van der Waals surface area (Å²) in [5, 5.41) is 0. The Morgan fingerprint density at radius 2 is 2.11 bits per heavy atom. The molecule has 1 rings (SSSR count). The molecule has 0 saturated carbocycles. The lowest BCUT2D eigenvalue weighted by Gasteiger charge is -2.35. The van der Waals surface area contributed by atoms with Crippen molar-refractivity contribution in [3.63, 3.8) is 0 Å². The maximum atomic E-state index is 14.1. The molecule has 0 fully saturated rings. The second-order valence-corrected chi connectivity index (χ2v) is 4.73. The van der Waals surface area contributed by atoms with E-state index in [9.17, 15) is 4.39 Å². The van der Waals surface area contributed by atoms with Crippen LogP contribution in [0.15, 0.2) is 18.2 Å². The number of benzene rings is 1. The summed E-state index contributed by atoms with van der Waals surface area (Å²) in [6.07, 6.45) is 1.20. The maximum absolute atomic E-state index is 14.1. The first-order valence-electron chi connectivity index (χ1n) is 6.35. The Hall–Kier alpha value is -1.17. The Morgan fingerprint density at radius 1 is 1.42 bits per heavy atom. The minimum Gasteiger partial charge on any atom is -0.494 e. The van der Waals surface area contributed by atoms with Gasteiger partial charge in [0, 0.05) is 7.11 Å². The second kappa shape index (κ2) is 6.84. The normalized spacial score (nSPS) is 15.9. The number of hydrazine groups is 1. The zero-order valence-corrected chi connectivity index (χ0v) is 12.0. The summed E-state index contributed by atoms with van der Waals surface area (Å²) in [5.74, 6) is 5.49. The number of halogens is 1. The molecule has 0 heterocycles. The molecule has 1 aromatic rings. The minimum atomic E-state index is -0.454. The van der Waals surface area contributed by atoms with E-state index in [2.05, 4.69) is 5.43 Å². The number of hydrogen-bond acceptors (Lipinski definition) is 4. The smallest absolute Gasteiger partial charge is 0.168 e. The van der Waals surface area contributed by atoms with Crippen molar-refractivity contribution in [2.75, 3.05) is 14.2 Å². The second-order valence-electron chi connectivity index (χ2n) is 4.73. The van der Waals surface area contributed by atoms with E-state index in [-0.39, 0.29) is 17.6 Å². The average molecular weight is 270 g/mol. The van der Waals surface area contributed by atoms with Gasteiger partial charge in [0.2, 0.25) is 0 Å². The van der Waals surface area contributed by atoms with Crippen LogP contribution in [0.1, 0.15) is 25.8 Å². The van der Waals surface area contributed by atoms with Crippen molar-refractivity contribution in [2.24, 2.45) is 5.84 Å². The molecular weight excluding hydrogens is 247 g/mol. The molecule has 108 valence electrons. The molecule has 0 aliphatic heterocycles. The molecule has 19 heavy (non-hydrogen) atoms. The number of methoxy groups -OCH3 is 2. The molecule has 0 aromatic heterocycles. The van der Waals surface area contributed by atoms with Crippen LogP contribution < -0.4 is 16.0 Å². The van der Waals surface area contributed by atoms with Gasteiger partial charge >= 0.3 is 0 Å². The Kier molecular flexibility index (Phi) is 5.72. The van der Waals surface area contributed by atoms with Crippen LogP contribution in [0.25, 0.3) is 0 Å². The van der Waals surface area contributed by atoms with Crippen LogP contribution in [0.2, 0.25) is 0 Å². The Bertz CT molecular complexity index is 408. The van der Waals surface area contributed by atoms with Crippen LogP contribution in [0.3, 0.4) is 0 Å². The van der Waals surface area contributed by atoms with Crippen molar-refractivity contribution in [1.82, 2.24) is 5.43 Å². The number of ether oxygens (including phenoxy) is 2. The predicted molar refractivity (Wildman–Crippen MR) is 73.5 cm³/mol. The van der Waals surface area contributed by atoms with Gasteiger partial charge in [0.1, 0.15) is 0 Å². The third-order valence-corrected chi connectivity index (χ3v) is 3.79. The van der Waals surface area contributed by atoms with Gasteiger partial charge in [0.05, 0.1) is 18.8 Å². The van der Waals surface area contributed by atoms with E-state index in [1.54, 1.807) is 25.3 Å². The third-order valence-electron chi connectivity index (χ3n) is 3.79. The molecule has 0 saturated heterocycles. The topological polar surface area (TPSA) is 56.5 Å². The quantitative estimate of drug-likeness (QED) is 0.588. The van der Waals surface area contributed by atoms with E-state index in [0.29, 0.717) is 12.0 Å². The van der Waals surface area contributed by atoms with Crippen molar-refractivity contribution in [3.05, 3.63) is 29.6 Å². The van der Waals surface area contributed by atoms with E-state index >= 15 is 0 Å². The summed E-state index contributed by atoms with van der Waals surface area (Å²) in [7, 11) is 3.09. The Balaban J connectivity index is 2.99. The van der Waals surface area contributed by atoms with Gasteiger partial charge in [0.25, 0.3) is 0 Å². The van der Waals surface area contributed by atoms with Crippen molar-refractivity contribution >= 4 is 0 Å². The van der Waals surface area contributed by atoms with Crippen LogP contribution in [0.5, 0.6) is 5.75 Å². The van der Waals surface area contributed by atoms with Crippen LogP contribution in [-0.4, -0.2) is 25.9 Å². The number of hydrogen-bond donors (Lipinski definition) is 2. The molecule has 1 aromatic carbocycles. The maximum Gasteiger partial charge on any atom is 0.168 e. The van der Waals surface area contributed by atoms with Crippen molar-refractivity contribution in [3.8, 4) is 5.75 Å². The van der Waals surface area contributed by atoms with Gasteiger partial charge in [-0.2, -0.15) is 0 Å². The van der Waals surface area contributed by atoms with E-state index in [1.807, 2.05) is 13.8 Å². The molecule has 3 N–H and O–H groups in total. The largest absolute Gasteiger partial charge is 0.494 e. The fraction of sp³-hybridized carbons (Fsp3) is 0.571. The Labute approximate surface area is 114 Å². The van der Waals surface area contributed by atoms with E-state index in [1.165, 1.54) is 7.11 Å². The molecule has 0 spiro atoms. The van der Waals surface area contributed by atoms with Gasteiger partial charge in [-0.15, -0.1) is 0 Å². The lowest BCUT2D eigenvalue weighted by molar-refractivity contribution is -0.0290. The molecule has 4 nitrogen and oxygen atoms in total. The van der Waals surface area contributed by atoms with Crippen molar-refractivity contribution in [1.29, 1.82) is 0 Å². The SMILES string of the molecule is CCC(C)(OC)C(Cc1cccc(OC)c1F)NN. The predicted octanol–water partition coefficient (Wildman–Crippen LogP) is 2.02. The van der Waals surface area contributed by atoms with Gasteiger partial charge < -0.3 is 9.47 Å². The number of nitrogens with two attached hydrogens (primary N) is 1. The first-order chi connectivity index (χ1) is 9.02. The average Bonchev–Trinajstić information content (AvgIpc) is 2.45. The molecule has 0 amide bonds. The van der Waals surface area contributed by atoms with Gasteiger partial charge in [0.15, 0.2) is 11.6 Å². The molecule has 0 bridgehead atoms. The number of nitrogens with one attached hydrogen (secondary N) is 1. The summed E-state index contributed by atoms with van der Waals surface area (Å²) in [6.45, 7) is 3.96. The van der Waals surface area contributed by atoms with E-state index in [4.69, 9.17) is 15.3 Å². The molecular formula is C14H23FN2O2. The minimum absolute atomic E-state index is 0.191. The lowest BCUT2D eigenvalue weighted by Crippen LogP contribution is -2.53. The zero-order valence-electron chi connectivity index (χ0n) is 12.0. The van der Waals surface area contributed by atoms with E-state index in [0.717, 1.165) is 6.42 Å². The fourth-order valence-corrected chi connectivity index (χ4v) is 2.08. The van der Waals surface area contributed by atoms with Crippen LogP contribution in [-0.2, 0) is 11.2 Å². The lowest BCUT2D eigenvalue weighted by atomic mass is 9.88. The van der Waals surface area contributed by atoms with Crippen LogP contribution in [0, 0.1) is 5.82 Å². The molecule has 0 aliphatic rings. The van der Waals surface area contributed by atoms with E-state index < -0.39 is 5.60 Å². The summed E-state index contributed by atoms with van der Waals surface area (Å²) in [6, 6.07) is 4.90. The first kappa shape index (κ1) is 15.9. The molecule has 0 aliphatic carbocycles. The molecule has 2 unspecified atom stereocenters. The highest BCUT2D eigenvalue weighted by Gasteiger charge is 2.32. The fourth-order valence-electron chi connectivity index (χ4n) is 2.08. The summed E-state index contributed by atoms with van der Waals surface area (Å²) in [5.41, 5.74) is 2.83. The van der Waals surface area contributed by atoms with Gasteiger partial charge in [-0.3, -0.25) is 11.3 Å². The Morgan fingerprint density at radius 3 is 2.58 bits per heavy atom. The summed E-state index contributed by atoms with van der Waals surface area (Å²) < 4.78 is 24.6. The van der Waals surface area contributed by atoms with Crippen LogP contribution in [0.4, 0.5) is 4.39 Å². The van der Waals surface area contributed by atoms with Crippen LogP contribution >= 0.6 is 0 Å². The monoisotopic (exact) mass is 270 g/mol. The number of rotatable bonds is 7. The van der Waals surface area contributed by atoms with Crippen molar-refractivity contribution in [2.45, 2.75) is 38.3 Å². The zero-order chi connectivity index (χ0) is 14.5. The molecule has 2 atom stereocenters. The van der Waals surface area contributed by atoms with Gasteiger partial charge in [-0.25, -0.2) is 4.39 Å².